The van der Waals surface area contributed by atoms with Gasteiger partial charge in [0.2, 0.25) is 5.95 Å². The first-order chi connectivity index (χ1) is 13.3. The summed E-state index contributed by atoms with van der Waals surface area (Å²) in [5, 5.41) is 21.4. The summed E-state index contributed by atoms with van der Waals surface area (Å²) in [5.74, 6) is 0.0598. The number of rotatable bonds is 5. The number of aromatic nitrogens is 4. The summed E-state index contributed by atoms with van der Waals surface area (Å²) >= 11 is 0. The van der Waals surface area contributed by atoms with Crippen molar-refractivity contribution in [2.24, 2.45) is 10.2 Å². The summed E-state index contributed by atoms with van der Waals surface area (Å²) in [7, 11) is 0. The third kappa shape index (κ3) is 3.49. The van der Waals surface area contributed by atoms with Gasteiger partial charge in [-0.05, 0) is 32.4 Å². The van der Waals surface area contributed by atoms with Gasteiger partial charge in [0.15, 0.2) is 5.69 Å². The van der Waals surface area contributed by atoms with Gasteiger partial charge in [0, 0.05) is 23.4 Å². The number of nitro groups is 1. The number of non-ortho nitro benzene ring substituents is 1. The van der Waals surface area contributed by atoms with Crippen molar-refractivity contribution in [3.8, 4) is 5.95 Å². The molecule has 0 spiro atoms. The van der Waals surface area contributed by atoms with Crippen molar-refractivity contribution >= 4 is 17.1 Å². The van der Waals surface area contributed by atoms with E-state index < -0.39 is 10.5 Å². The number of H-pyrrole nitrogens is 2. The van der Waals surface area contributed by atoms with Crippen LogP contribution in [0.4, 0.5) is 17.1 Å². The minimum absolute atomic E-state index is 0.0400. The quantitative estimate of drug-likeness (QED) is 0.394. The minimum atomic E-state index is -0.532. The molecule has 11 nitrogen and oxygen atoms in total. The molecule has 0 fully saturated rings. The summed E-state index contributed by atoms with van der Waals surface area (Å²) in [6.07, 6.45) is 0.530. The van der Waals surface area contributed by atoms with Crippen LogP contribution in [0.15, 0.2) is 44.1 Å². The van der Waals surface area contributed by atoms with Gasteiger partial charge >= 0.3 is 5.56 Å². The molecule has 3 aromatic rings. The number of nitro benzene ring substituents is 1. The van der Waals surface area contributed by atoms with Crippen LogP contribution in [0.5, 0.6) is 0 Å². The number of nitrogens with one attached hydrogen (secondary N) is 2. The van der Waals surface area contributed by atoms with Gasteiger partial charge in [-0.25, -0.2) is 4.98 Å². The average Bonchev–Trinajstić information content (AvgIpc) is 2.94. The highest BCUT2D eigenvalue weighted by atomic mass is 16.6. The van der Waals surface area contributed by atoms with Crippen LogP contribution < -0.4 is 11.1 Å². The van der Waals surface area contributed by atoms with Crippen molar-refractivity contribution in [3.63, 3.8) is 0 Å². The molecule has 0 radical (unpaired) electrons. The highest BCUT2D eigenvalue weighted by molar-refractivity contribution is 5.45. The Kier molecular flexibility index (Phi) is 4.98. The normalized spacial score (nSPS) is 11.2. The Hall–Kier alpha value is -3.89. The summed E-state index contributed by atoms with van der Waals surface area (Å²) in [6, 6.07) is 5.44. The molecule has 3 rings (SSSR count). The van der Waals surface area contributed by atoms with Crippen molar-refractivity contribution in [3.05, 3.63) is 72.0 Å². The molecule has 0 unspecified atom stereocenters. The van der Waals surface area contributed by atoms with Crippen molar-refractivity contribution in [2.45, 2.75) is 27.2 Å². The SMILES string of the molecule is CCc1c(C)nc(-n2[nH]c(C)c(N=Nc3ccc([N+](=O)[O-])cc3)c2=O)[nH]c1=O. The lowest BCUT2D eigenvalue weighted by atomic mass is 10.2. The summed E-state index contributed by atoms with van der Waals surface area (Å²) in [6.45, 7) is 5.18. The zero-order valence-corrected chi connectivity index (χ0v) is 15.4. The van der Waals surface area contributed by atoms with Crippen molar-refractivity contribution in [1.82, 2.24) is 19.7 Å². The second kappa shape index (κ2) is 7.39. The van der Waals surface area contributed by atoms with Gasteiger partial charge in [0.1, 0.15) is 0 Å². The lowest BCUT2D eigenvalue weighted by molar-refractivity contribution is -0.384. The molecule has 0 atom stereocenters. The molecule has 28 heavy (non-hydrogen) atoms. The highest BCUT2D eigenvalue weighted by Gasteiger charge is 2.15. The third-order valence-electron chi connectivity index (χ3n) is 4.14. The lowest BCUT2D eigenvalue weighted by Gasteiger charge is -2.05. The van der Waals surface area contributed by atoms with Gasteiger partial charge in [0.05, 0.1) is 16.3 Å². The Morgan fingerprint density at radius 2 is 1.86 bits per heavy atom. The fraction of sp³-hybridized carbons (Fsp3) is 0.235. The zero-order chi connectivity index (χ0) is 20.4. The Bertz CT molecular complexity index is 1190. The number of aromatic amines is 2. The first-order valence-corrected chi connectivity index (χ1v) is 8.39. The van der Waals surface area contributed by atoms with E-state index in [2.05, 4.69) is 25.3 Å². The molecule has 0 aliphatic carbocycles. The van der Waals surface area contributed by atoms with Crippen LogP contribution in [-0.2, 0) is 6.42 Å². The van der Waals surface area contributed by atoms with Gasteiger partial charge in [-0.15, -0.1) is 5.11 Å². The Labute approximate surface area is 157 Å². The zero-order valence-electron chi connectivity index (χ0n) is 15.4. The van der Waals surface area contributed by atoms with Crippen LogP contribution in [0, 0.1) is 24.0 Å². The van der Waals surface area contributed by atoms with Crippen molar-refractivity contribution < 1.29 is 4.92 Å². The largest absolute Gasteiger partial charge is 0.301 e. The van der Waals surface area contributed by atoms with Gasteiger partial charge < -0.3 is 0 Å². The van der Waals surface area contributed by atoms with E-state index in [1.54, 1.807) is 13.8 Å². The number of hydrogen-bond acceptors (Lipinski definition) is 7. The molecule has 144 valence electrons. The molecule has 1 aromatic carbocycles. The maximum absolute atomic E-state index is 12.7. The third-order valence-corrected chi connectivity index (χ3v) is 4.14. The number of azo groups is 1. The standard InChI is InChI=1S/C17H17N7O4/c1-4-13-9(2)18-17(19-15(13)25)23-16(26)14(10(3)22-23)21-20-11-5-7-12(8-6-11)24(27)28/h5-8,22H,4H2,1-3H3,(H,18,19,25). The van der Waals surface area contributed by atoms with E-state index in [9.17, 15) is 19.7 Å². The molecule has 11 heteroatoms. The molecular weight excluding hydrogens is 366 g/mol. The van der Waals surface area contributed by atoms with E-state index >= 15 is 0 Å². The van der Waals surface area contributed by atoms with Crippen LogP contribution in [-0.4, -0.2) is 24.7 Å². The average molecular weight is 383 g/mol. The second-order valence-electron chi connectivity index (χ2n) is 6.01. The maximum Gasteiger partial charge on any atom is 0.301 e. The molecule has 0 bridgehead atoms. The molecule has 2 N–H and O–H groups in total. The fourth-order valence-electron chi connectivity index (χ4n) is 2.67. The van der Waals surface area contributed by atoms with Gasteiger partial charge in [0.25, 0.3) is 11.2 Å². The molecular formula is C17H17N7O4. The van der Waals surface area contributed by atoms with Gasteiger partial charge in [-0.1, -0.05) is 6.92 Å². The predicted octanol–water partition coefficient (Wildman–Crippen LogP) is 2.75. The van der Waals surface area contributed by atoms with Gasteiger partial charge in [-0.3, -0.25) is 29.8 Å². The first-order valence-electron chi connectivity index (χ1n) is 8.39. The van der Waals surface area contributed by atoms with E-state index in [0.717, 1.165) is 4.68 Å². The maximum atomic E-state index is 12.7. The summed E-state index contributed by atoms with van der Waals surface area (Å²) in [5.41, 5.74) is 1.00. The molecule has 2 aromatic heterocycles. The monoisotopic (exact) mass is 383 g/mol. The summed E-state index contributed by atoms with van der Waals surface area (Å²) in [4.78, 5) is 41.8. The first kappa shape index (κ1) is 18.9. The topological polar surface area (TPSA) is 151 Å². The predicted molar refractivity (Wildman–Crippen MR) is 101 cm³/mol. The van der Waals surface area contributed by atoms with E-state index in [4.69, 9.17) is 0 Å². The minimum Gasteiger partial charge on any atom is -0.291 e. The lowest BCUT2D eigenvalue weighted by Crippen LogP contribution is -2.24. The van der Waals surface area contributed by atoms with Crippen LogP contribution >= 0.6 is 0 Å². The molecule has 0 saturated carbocycles. The smallest absolute Gasteiger partial charge is 0.291 e. The number of nitrogens with zero attached hydrogens (tertiary/aromatic N) is 5. The number of benzene rings is 1. The highest BCUT2D eigenvalue weighted by Crippen LogP contribution is 2.21. The van der Waals surface area contributed by atoms with Gasteiger partial charge in [-0.2, -0.15) is 9.80 Å². The van der Waals surface area contributed by atoms with Crippen molar-refractivity contribution in [1.29, 1.82) is 0 Å². The van der Waals surface area contributed by atoms with Crippen molar-refractivity contribution in [2.75, 3.05) is 0 Å². The van der Waals surface area contributed by atoms with E-state index in [-0.39, 0.29) is 22.9 Å². The van der Waals surface area contributed by atoms with E-state index in [1.165, 1.54) is 24.3 Å². The Morgan fingerprint density at radius 3 is 2.43 bits per heavy atom. The number of aryl methyl sites for hydroxylation is 2. The summed E-state index contributed by atoms with van der Waals surface area (Å²) < 4.78 is 1.09. The number of hydrogen-bond donors (Lipinski definition) is 2. The van der Waals surface area contributed by atoms with Crippen LogP contribution in [0.2, 0.25) is 0 Å². The Morgan fingerprint density at radius 1 is 1.18 bits per heavy atom. The van der Waals surface area contributed by atoms with Crippen LogP contribution in [0.1, 0.15) is 23.9 Å². The fourth-order valence-corrected chi connectivity index (χ4v) is 2.67. The van der Waals surface area contributed by atoms with E-state index in [1.807, 2.05) is 6.92 Å². The molecule has 2 heterocycles. The molecule has 0 saturated heterocycles. The van der Waals surface area contributed by atoms with Crippen LogP contribution in [0.3, 0.4) is 0 Å². The second-order valence-corrected chi connectivity index (χ2v) is 6.01. The van der Waals surface area contributed by atoms with E-state index in [0.29, 0.717) is 29.1 Å². The molecule has 0 amide bonds. The molecule has 0 aliphatic rings. The molecule has 0 aliphatic heterocycles. The van der Waals surface area contributed by atoms with Crippen LogP contribution in [0.25, 0.3) is 5.95 Å². The Balaban J connectivity index is 1.98.